The third-order valence-corrected chi connectivity index (χ3v) is 4.88. The maximum Gasteiger partial charge on any atom is 0.339 e. The second-order valence-electron chi connectivity index (χ2n) is 5.50. The van der Waals surface area contributed by atoms with Gasteiger partial charge in [-0.05, 0) is 23.8 Å². The summed E-state index contributed by atoms with van der Waals surface area (Å²) in [6.07, 6.45) is -0.0545. The van der Waals surface area contributed by atoms with Gasteiger partial charge < -0.3 is 10.1 Å². The van der Waals surface area contributed by atoms with Gasteiger partial charge in [-0.15, -0.1) is 11.8 Å². The number of nitriles is 1. The Kier molecular flexibility index (Phi) is 5.36. The number of cyclic esters (lactones) is 1. The fraction of sp³-hybridized carbons (Fsp3) is 0.211. The van der Waals surface area contributed by atoms with Crippen LogP contribution in [0.5, 0.6) is 0 Å². The van der Waals surface area contributed by atoms with Crippen molar-refractivity contribution in [1.29, 1.82) is 5.26 Å². The highest BCUT2D eigenvalue weighted by molar-refractivity contribution is 7.99. The Bertz CT molecular complexity index is 845. The second-order valence-corrected chi connectivity index (χ2v) is 6.63. The molecule has 126 valence electrons. The van der Waals surface area contributed by atoms with Crippen LogP contribution in [0.4, 0.5) is 5.69 Å². The summed E-state index contributed by atoms with van der Waals surface area (Å²) in [5, 5.41) is 11.5. The number of hydrogen-bond donors (Lipinski definition) is 1. The summed E-state index contributed by atoms with van der Waals surface area (Å²) in [5.41, 5.74) is 1.99. The molecule has 1 aliphatic rings. The van der Waals surface area contributed by atoms with E-state index in [4.69, 9.17) is 10.00 Å². The fourth-order valence-electron chi connectivity index (χ4n) is 2.59. The first-order valence-corrected chi connectivity index (χ1v) is 8.86. The molecule has 0 aliphatic carbocycles. The van der Waals surface area contributed by atoms with Gasteiger partial charge in [0.15, 0.2) is 6.10 Å². The third-order valence-electron chi connectivity index (χ3n) is 3.80. The van der Waals surface area contributed by atoms with Gasteiger partial charge >= 0.3 is 5.97 Å². The van der Waals surface area contributed by atoms with Gasteiger partial charge in [0.2, 0.25) is 0 Å². The number of benzene rings is 2. The number of nitrogens with one attached hydrogen (secondary N) is 1. The minimum atomic E-state index is -0.848. The summed E-state index contributed by atoms with van der Waals surface area (Å²) in [7, 11) is 0. The molecule has 0 fully saturated rings. The first-order valence-electron chi connectivity index (χ1n) is 7.87. The Labute approximate surface area is 150 Å². The number of nitrogens with zero attached hydrogens (tertiary/aromatic N) is 1. The van der Waals surface area contributed by atoms with E-state index in [-0.39, 0.29) is 5.91 Å². The quantitative estimate of drug-likeness (QED) is 0.507. The largest absolute Gasteiger partial charge is 0.448 e. The van der Waals surface area contributed by atoms with Crippen molar-refractivity contribution >= 4 is 29.3 Å². The molecule has 1 atom stereocenters. The molecule has 0 radical (unpaired) electrons. The number of esters is 1. The predicted octanol–water partition coefficient (Wildman–Crippen LogP) is 3.41. The molecular formula is C19H16N2O3S. The molecule has 1 N–H and O–H groups in total. The summed E-state index contributed by atoms with van der Waals surface area (Å²) in [5.74, 6) is -0.176. The summed E-state index contributed by atoms with van der Waals surface area (Å²) in [6.45, 7) is 0. The van der Waals surface area contributed by atoms with Crippen LogP contribution >= 0.6 is 11.8 Å². The molecule has 0 saturated heterocycles. The fourth-order valence-corrected chi connectivity index (χ4v) is 3.46. The lowest BCUT2D eigenvalue weighted by Crippen LogP contribution is -2.38. The van der Waals surface area contributed by atoms with Crippen molar-refractivity contribution < 1.29 is 14.3 Å². The van der Waals surface area contributed by atoms with Crippen molar-refractivity contribution in [3.63, 3.8) is 0 Å². The molecule has 2 aromatic carbocycles. The maximum absolute atomic E-state index is 12.6. The molecule has 25 heavy (non-hydrogen) atoms. The van der Waals surface area contributed by atoms with Crippen LogP contribution in [0.2, 0.25) is 0 Å². The van der Waals surface area contributed by atoms with E-state index < -0.39 is 12.1 Å². The minimum absolute atomic E-state index is 0.351. The standard InChI is InChI=1S/C19H16N2O3S/c20-10-5-11-25-17-9-4-3-8-15(17)21-18(22)16-12-13-6-1-2-7-14(13)19(23)24-16/h1-4,6-9,16H,5,11-12H2,(H,21,22)/t16-/m0/s1. The highest BCUT2D eigenvalue weighted by atomic mass is 32.2. The number of carbonyl (C=O) groups is 2. The van der Waals surface area contributed by atoms with Gasteiger partial charge in [0.05, 0.1) is 17.3 Å². The SMILES string of the molecule is N#CCCSc1ccccc1NC(=O)[C@@H]1Cc2ccccc2C(=O)O1. The number of para-hydroxylation sites is 1. The molecular weight excluding hydrogens is 336 g/mol. The van der Waals surface area contributed by atoms with Crippen LogP contribution in [0.1, 0.15) is 22.3 Å². The molecule has 0 unspecified atom stereocenters. The number of thioether (sulfide) groups is 1. The molecule has 3 rings (SSSR count). The molecule has 0 bridgehead atoms. The number of hydrogen-bond acceptors (Lipinski definition) is 5. The molecule has 1 amide bonds. The molecule has 6 heteroatoms. The van der Waals surface area contributed by atoms with Gasteiger partial charge in [0.25, 0.3) is 5.91 Å². The Balaban J connectivity index is 1.71. The van der Waals surface area contributed by atoms with Crippen LogP contribution in [-0.4, -0.2) is 23.7 Å². The molecule has 0 saturated carbocycles. The normalized spacial score (nSPS) is 15.6. The lowest BCUT2D eigenvalue weighted by Gasteiger charge is -2.24. The second kappa shape index (κ2) is 7.86. The van der Waals surface area contributed by atoms with Crippen LogP contribution < -0.4 is 5.32 Å². The van der Waals surface area contributed by atoms with Gasteiger partial charge in [0, 0.05) is 23.5 Å². The van der Waals surface area contributed by atoms with Crippen LogP contribution in [0.15, 0.2) is 53.4 Å². The van der Waals surface area contributed by atoms with Crippen LogP contribution in [-0.2, 0) is 16.0 Å². The van der Waals surface area contributed by atoms with Gasteiger partial charge in [-0.3, -0.25) is 4.79 Å². The lowest BCUT2D eigenvalue weighted by atomic mass is 9.98. The molecule has 5 nitrogen and oxygen atoms in total. The average Bonchev–Trinajstić information content (AvgIpc) is 2.63. The van der Waals surface area contributed by atoms with E-state index in [2.05, 4.69) is 11.4 Å². The van der Waals surface area contributed by atoms with Gasteiger partial charge in [-0.2, -0.15) is 5.26 Å². The predicted molar refractivity (Wildman–Crippen MR) is 95.4 cm³/mol. The van der Waals surface area contributed by atoms with E-state index in [0.717, 1.165) is 10.5 Å². The first kappa shape index (κ1) is 17.1. The molecule has 0 spiro atoms. The Morgan fingerprint density at radius 3 is 2.84 bits per heavy atom. The Morgan fingerprint density at radius 1 is 1.24 bits per heavy atom. The average molecular weight is 352 g/mol. The molecule has 1 heterocycles. The van der Waals surface area contributed by atoms with Crippen molar-refractivity contribution in [2.24, 2.45) is 0 Å². The maximum atomic E-state index is 12.6. The number of ether oxygens (including phenoxy) is 1. The summed E-state index contributed by atoms with van der Waals surface area (Å²) in [4.78, 5) is 25.5. The van der Waals surface area contributed by atoms with Crippen LogP contribution in [0.25, 0.3) is 0 Å². The number of anilines is 1. The molecule has 1 aliphatic heterocycles. The van der Waals surface area contributed by atoms with Gasteiger partial charge in [0.1, 0.15) is 0 Å². The zero-order valence-corrected chi connectivity index (χ0v) is 14.2. The minimum Gasteiger partial charge on any atom is -0.448 e. The lowest BCUT2D eigenvalue weighted by molar-refractivity contribution is -0.125. The highest BCUT2D eigenvalue weighted by Crippen LogP contribution is 2.28. The third kappa shape index (κ3) is 4.01. The van der Waals surface area contributed by atoms with E-state index in [1.165, 1.54) is 11.8 Å². The number of fused-ring (bicyclic) bond motifs is 1. The van der Waals surface area contributed by atoms with E-state index in [0.29, 0.717) is 29.8 Å². The van der Waals surface area contributed by atoms with E-state index >= 15 is 0 Å². The Morgan fingerprint density at radius 2 is 2.00 bits per heavy atom. The van der Waals surface area contributed by atoms with Crippen LogP contribution in [0.3, 0.4) is 0 Å². The molecule has 2 aromatic rings. The smallest absolute Gasteiger partial charge is 0.339 e. The summed E-state index contributed by atoms with van der Waals surface area (Å²) >= 11 is 1.50. The van der Waals surface area contributed by atoms with Crippen molar-refractivity contribution in [2.45, 2.75) is 23.8 Å². The van der Waals surface area contributed by atoms with E-state index in [1.807, 2.05) is 30.3 Å². The van der Waals surface area contributed by atoms with Crippen molar-refractivity contribution in [1.82, 2.24) is 0 Å². The number of carbonyl (C=O) groups excluding carboxylic acids is 2. The van der Waals surface area contributed by atoms with Crippen LogP contribution in [0, 0.1) is 11.3 Å². The molecule has 0 aromatic heterocycles. The van der Waals surface area contributed by atoms with E-state index in [9.17, 15) is 9.59 Å². The number of amides is 1. The zero-order valence-electron chi connectivity index (χ0n) is 13.4. The highest BCUT2D eigenvalue weighted by Gasteiger charge is 2.31. The van der Waals surface area contributed by atoms with Crippen molar-refractivity contribution in [2.75, 3.05) is 11.1 Å². The number of rotatable bonds is 5. The first-order chi connectivity index (χ1) is 12.2. The summed E-state index contributed by atoms with van der Waals surface area (Å²) < 4.78 is 5.28. The summed E-state index contributed by atoms with van der Waals surface area (Å²) in [6, 6.07) is 16.6. The van der Waals surface area contributed by atoms with Crippen molar-refractivity contribution in [3.05, 3.63) is 59.7 Å². The van der Waals surface area contributed by atoms with Crippen molar-refractivity contribution in [3.8, 4) is 6.07 Å². The Hall–Kier alpha value is -2.78. The van der Waals surface area contributed by atoms with Gasteiger partial charge in [-0.1, -0.05) is 30.3 Å². The van der Waals surface area contributed by atoms with Gasteiger partial charge in [-0.25, -0.2) is 4.79 Å². The monoisotopic (exact) mass is 352 g/mol. The topological polar surface area (TPSA) is 79.2 Å². The zero-order chi connectivity index (χ0) is 17.6. The van der Waals surface area contributed by atoms with E-state index in [1.54, 1.807) is 18.2 Å².